The summed E-state index contributed by atoms with van der Waals surface area (Å²) in [5.74, 6) is -1.25. The van der Waals surface area contributed by atoms with Gasteiger partial charge < -0.3 is 14.5 Å². The number of methoxy groups -OCH3 is 1. The van der Waals surface area contributed by atoms with Crippen molar-refractivity contribution >= 4 is 17.4 Å². The minimum atomic E-state index is -2.55. The lowest BCUT2D eigenvalue weighted by molar-refractivity contribution is -0.186. The van der Waals surface area contributed by atoms with Gasteiger partial charge in [-0.3, -0.25) is 9.69 Å². The first-order valence-electron chi connectivity index (χ1n) is 11.3. The number of likely N-dealkylation sites (tertiary alicyclic amines) is 1. The normalized spacial score (nSPS) is 21.6. The molecule has 2 aromatic carbocycles. The molecule has 1 spiro atoms. The summed E-state index contributed by atoms with van der Waals surface area (Å²) in [6.07, 6.45) is 3.31. The zero-order valence-corrected chi connectivity index (χ0v) is 18.9. The number of rotatable bonds is 6. The molecule has 1 saturated carbocycles. The fraction of sp³-hybridized carbons (Fsp3) is 0.423. The Hall–Kier alpha value is -2.93. The average Bonchev–Trinajstić information content (AvgIpc) is 3.27. The highest BCUT2D eigenvalue weighted by Crippen LogP contribution is 2.60. The van der Waals surface area contributed by atoms with E-state index in [-0.39, 0.29) is 24.3 Å². The molecule has 3 aromatic rings. The number of nitrogens with one attached hydrogen (secondary N) is 1. The topological polar surface area (TPSA) is 54.6 Å². The Kier molecular flexibility index (Phi) is 5.40. The van der Waals surface area contributed by atoms with Gasteiger partial charge in [0.25, 0.3) is 6.47 Å². The van der Waals surface area contributed by atoms with Gasteiger partial charge in [0.1, 0.15) is 11.5 Å². The van der Waals surface area contributed by atoms with Gasteiger partial charge in [-0.25, -0.2) is 8.78 Å². The number of benzene rings is 2. The monoisotopic (exact) mass is 454 g/mol. The second kappa shape index (κ2) is 8.13. The van der Waals surface area contributed by atoms with Crippen LogP contribution in [0, 0.1) is 12.3 Å². The summed E-state index contributed by atoms with van der Waals surface area (Å²) in [4.78, 5) is 16.4. The summed E-state index contributed by atoms with van der Waals surface area (Å²) in [5.41, 5.74) is 4.03. The highest BCUT2D eigenvalue weighted by atomic mass is 19.3. The molecule has 174 valence electrons. The molecule has 1 N–H and O–H groups in total. The quantitative estimate of drug-likeness (QED) is 0.480. The van der Waals surface area contributed by atoms with Crippen LogP contribution in [-0.4, -0.2) is 35.9 Å². The van der Waals surface area contributed by atoms with Gasteiger partial charge in [0.05, 0.1) is 7.11 Å². The van der Waals surface area contributed by atoms with Gasteiger partial charge in [-0.15, -0.1) is 0 Å². The Morgan fingerprint density at radius 1 is 1.21 bits per heavy atom. The van der Waals surface area contributed by atoms with Gasteiger partial charge in [-0.05, 0) is 67.1 Å². The summed E-state index contributed by atoms with van der Waals surface area (Å²) in [5, 5.41) is 1.12. The van der Waals surface area contributed by atoms with E-state index in [1.54, 1.807) is 19.2 Å². The molecule has 5 rings (SSSR count). The van der Waals surface area contributed by atoms with Crippen molar-refractivity contribution in [2.75, 3.05) is 13.7 Å². The minimum Gasteiger partial charge on any atom is -0.496 e. The first-order chi connectivity index (χ1) is 15.8. The Morgan fingerprint density at radius 3 is 2.64 bits per heavy atom. The molecule has 2 aliphatic rings. The average molecular weight is 455 g/mol. The number of carbonyl (C=O) groups excluding carboxylic acids is 1. The molecule has 0 radical (unpaired) electrons. The van der Waals surface area contributed by atoms with Crippen molar-refractivity contribution in [2.45, 2.75) is 51.1 Å². The van der Waals surface area contributed by atoms with Gasteiger partial charge in [0, 0.05) is 48.1 Å². The lowest BCUT2D eigenvalue weighted by atomic mass is 9.59. The lowest BCUT2D eigenvalue weighted by Crippen LogP contribution is -2.53. The fourth-order valence-electron chi connectivity index (χ4n) is 5.87. The number of carbonyl (C=O) groups is 1. The van der Waals surface area contributed by atoms with Crippen LogP contribution in [-0.2, 0) is 11.3 Å². The molecule has 5 nitrogen and oxygen atoms in total. The van der Waals surface area contributed by atoms with E-state index in [0.29, 0.717) is 25.2 Å². The molecule has 1 saturated heterocycles. The molecular weight excluding hydrogens is 426 g/mol. The predicted molar refractivity (Wildman–Crippen MR) is 122 cm³/mol. The maximum Gasteiger partial charge on any atom is 0.298 e. The fourth-order valence-corrected chi connectivity index (χ4v) is 5.87. The third-order valence-electron chi connectivity index (χ3n) is 7.41. The summed E-state index contributed by atoms with van der Waals surface area (Å²) in [6.45, 7) is 3.84. The molecule has 7 heteroatoms. The van der Waals surface area contributed by atoms with E-state index >= 15 is 0 Å². The number of ether oxygens (including phenoxy) is 2. The summed E-state index contributed by atoms with van der Waals surface area (Å²) < 4.78 is 38.4. The van der Waals surface area contributed by atoms with Crippen LogP contribution in [0.25, 0.3) is 10.9 Å². The molecule has 0 unspecified atom stereocenters. The number of aryl methyl sites for hydroxylation is 1. The van der Waals surface area contributed by atoms with Crippen molar-refractivity contribution in [1.82, 2.24) is 9.88 Å². The Labute approximate surface area is 191 Å². The number of hydrogen-bond acceptors (Lipinski definition) is 4. The number of aromatic amines is 1. The van der Waals surface area contributed by atoms with E-state index in [4.69, 9.17) is 9.47 Å². The van der Waals surface area contributed by atoms with Crippen molar-refractivity contribution in [1.29, 1.82) is 0 Å². The van der Waals surface area contributed by atoms with Gasteiger partial charge in [-0.1, -0.05) is 12.1 Å². The van der Waals surface area contributed by atoms with Crippen LogP contribution in [0.2, 0.25) is 0 Å². The number of fused-ring (bicyclic) bond motifs is 1. The Balaban J connectivity index is 1.49. The van der Waals surface area contributed by atoms with Crippen LogP contribution >= 0.6 is 0 Å². The summed E-state index contributed by atoms with van der Waals surface area (Å²) >= 11 is 0. The lowest BCUT2D eigenvalue weighted by Gasteiger charge is -2.54. The maximum absolute atomic E-state index is 13.9. The molecule has 2 fully saturated rings. The zero-order chi connectivity index (χ0) is 23.2. The number of H-pyrrole nitrogens is 1. The van der Waals surface area contributed by atoms with Gasteiger partial charge in [0.2, 0.25) is 5.92 Å². The Bertz CT molecular complexity index is 1160. The maximum atomic E-state index is 13.9. The van der Waals surface area contributed by atoms with E-state index in [0.717, 1.165) is 46.3 Å². The van der Waals surface area contributed by atoms with Crippen LogP contribution in [0.3, 0.4) is 0 Å². The first-order valence-corrected chi connectivity index (χ1v) is 11.3. The van der Waals surface area contributed by atoms with Crippen LogP contribution in [0.5, 0.6) is 11.5 Å². The number of alkyl halides is 2. The molecule has 1 aliphatic heterocycles. The van der Waals surface area contributed by atoms with Gasteiger partial charge in [-0.2, -0.15) is 0 Å². The first kappa shape index (κ1) is 21.9. The SMILES string of the molecule is COc1cc(C)c2[nH]ccc2c1CN1CCC2(C[C@@H]1c1ccc(OC=O)cc1)CC(F)(F)C2. The smallest absolute Gasteiger partial charge is 0.298 e. The molecule has 2 heterocycles. The molecule has 0 bridgehead atoms. The number of halogens is 2. The van der Waals surface area contributed by atoms with Crippen LogP contribution in [0.15, 0.2) is 42.6 Å². The predicted octanol–water partition coefficient (Wildman–Crippen LogP) is 5.77. The van der Waals surface area contributed by atoms with E-state index in [1.807, 2.05) is 24.4 Å². The van der Waals surface area contributed by atoms with Crippen molar-refractivity contribution in [3.05, 3.63) is 59.3 Å². The van der Waals surface area contributed by atoms with Crippen molar-refractivity contribution < 1.29 is 23.0 Å². The van der Waals surface area contributed by atoms with Crippen LogP contribution in [0.4, 0.5) is 8.78 Å². The van der Waals surface area contributed by atoms with E-state index in [1.165, 1.54) is 0 Å². The second-order valence-corrected chi connectivity index (χ2v) is 9.57. The van der Waals surface area contributed by atoms with Crippen molar-refractivity contribution in [3.63, 3.8) is 0 Å². The molecule has 1 aliphatic carbocycles. The largest absolute Gasteiger partial charge is 0.496 e. The highest BCUT2D eigenvalue weighted by Gasteiger charge is 2.58. The molecular formula is C26H28F2N2O3. The number of nitrogens with zero attached hydrogens (tertiary/aromatic N) is 1. The zero-order valence-electron chi connectivity index (χ0n) is 18.9. The van der Waals surface area contributed by atoms with Gasteiger partial charge >= 0.3 is 0 Å². The van der Waals surface area contributed by atoms with Crippen LogP contribution < -0.4 is 9.47 Å². The number of aromatic nitrogens is 1. The second-order valence-electron chi connectivity index (χ2n) is 9.57. The van der Waals surface area contributed by atoms with Crippen LogP contribution in [0.1, 0.15) is 48.4 Å². The minimum absolute atomic E-state index is 0.0138. The number of hydrogen-bond donors (Lipinski definition) is 1. The summed E-state index contributed by atoms with van der Waals surface area (Å²) in [6, 6.07) is 11.5. The third-order valence-corrected chi connectivity index (χ3v) is 7.41. The highest BCUT2D eigenvalue weighted by molar-refractivity contribution is 5.88. The molecule has 33 heavy (non-hydrogen) atoms. The van der Waals surface area contributed by atoms with Crippen molar-refractivity contribution in [2.24, 2.45) is 5.41 Å². The molecule has 0 amide bonds. The van der Waals surface area contributed by atoms with E-state index in [2.05, 4.69) is 22.9 Å². The molecule has 1 aromatic heterocycles. The Morgan fingerprint density at radius 2 is 1.97 bits per heavy atom. The van der Waals surface area contributed by atoms with Crippen molar-refractivity contribution in [3.8, 4) is 11.5 Å². The number of piperidine rings is 1. The molecule has 1 atom stereocenters. The standard InChI is InChI=1S/C26H28F2N2O3/c1-17-11-23(32-2)21(20-7-9-29-24(17)20)13-30-10-8-25(14-26(27,28)15-25)12-22(30)18-3-5-19(6-4-18)33-16-31/h3-7,9,11,16,22,29H,8,10,12-15H2,1-2H3/t22-/m1/s1. The van der Waals surface area contributed by atoms with Gasteiger partial charge in [0.15, 0.2) is 0 Å². The summed E-state index contributed by atoms with van der Waals surface area (Å²) in [7, 11) is 1.68. The third kappa shape index (κ3) is 3.99. The van der Waals surface area contributed by atoms with E-state index in [9.17, 15) is 13.6 Å². The van der Waals surface area contributed by atoms with E-state index < -0.39 is 5.92 Å².